The maximum atomic E-state index is 10.1. The molecule has 0 aliphatic rings. The van der Waals surface area contributed by atoms with E-state index in [1.807, 2.05) is 0 Å². The Morgan fingerprint density at radius 2 is 2.23 bits per heavy atom. The highest BCUT2D eigenvalue weighted by Crippen LogP contribution is 1.96. The third kappa shape index (κ3) is 8.61. The molecule has 0 rings (SSSR count). The number of hydrogen-bond donors (Lipinski definition) is 3. The molecule has 76 valence electrons. The van der Waals surface area contributed by atoms with Crippen LogP contribution in [0.5, 0.6) is 0 Å². The van der Waals surface area contributed by atoms with Crippen molar-refractivity contribution in [2.75, 3.05) is 6.61 Å². The standard InChI is InChI=1S/C7H15N3O3/c1-5(10-7(8)9)13-4-2-3-6(11)12/h5H,2-4H2,1H3,(H,11,12)(H4,8,9,10). The van der Waals surface area contributed by atoms with Gasteiger partial charge in [-0.05, 0) is 13.3 Å². The fourth-order valence-electron chi connectivity index (χ4n) is 0.724. The molecule has 0 saturated heterocycles. The average molecular weight is 189 g/mol. The third-order valence-corrected chi connectivity index (χ3v) is 1.22. The van der Waals surface area contributed by atoms with Crippen LogP contribution in [0.2, 0.25) is 0 Å². The van der Waals surface area contributed by atoms with E-state index in [4.69, 9.17) is 21.3 Å². The fourth-order valence-corrected chi connectivity index (χ4v) is 0.724. The number of hydrogen-bond acceptors (Lipinski definition) is 3. The smallest absolute Gasteiger partial charge is 0.303 e. The number of ether oxygens (including phenoxy) is 1. The summed E-state index contributed by atoms with van der Waals surface area (Å²) in [5.41, 5.74) is 10.2. The molecule has 6 nitrogen and oxygen atoms in total. The van der Waals surface area contributed by atoms with Gasteiger partial charge >= 0.3 is 5.97 Å². The molecule has 0 fully saturated rings. The SMILES string of the molecule is CC(N=C(N)N)OCCCC(=O)O. The summed E-state index contributed by atoms with van der Waals surface area (Å²) in [6.45, 7) is 2.02. The molecule has 0 radical (unpaired) electrons. The number of nitrogens with two attached hydrogens (primary N) is 2. The van der Waals surface area contributed by atoms with E-state index in [1.165, 1.54) is 0 Å². The van der Waals surface area contributed by atoms with E-state index in [1.54, 1.807) is 6.92 Å². The van der Waals surface area contributed by atoms with E-state index in [9.17, 15) is 4.79 Å². The fraction of sp³-hybridized carbons (Fsp3) is 0.714. The minimum absolute atomic E-state index is 0.0364. The van der Waals surface area contributed by atoms with Crippen molar-refractivity contribution in [1.29, 1.82) is 0 Å². The molecule has 0 spiro atoms. The van der Waals surface area contributed by atoms with Crippen molar-refractivity contribution in [2.45, 2.75) is 26.0 Å². The number of aliphatic carboxylic acids is 1. The van der Waals surface area contributed by atoms with Gasteiger partial charge in [0, 0.05) is 13.0 Å². The number of nitrogens with zero attached hydrogens (tertiary/aromatic N) is 1. The first-order valence-electron chi connectivity index (χ1n) is 3.94. The van der Waals surface area contributed by atoms with Crippen molar-refractivity contribution in [3.63, 3.8) is 0 Å². The van der Waals surface area contributed by atoms with Crippen LogP contribution in [0.4, 0.5) is 0 Å². The molecule has 5 N–H and O–H groups in total. The van der Waals surface area contributed by atoms with Crippen molar-refractivity contribution in [1.82, 2.24) is 0 Å². The Balaban J connectivity index is 3.43. The first kappa shape index (κ1) is 11.7. The Kier molecular flexibility index (Phi) is 5.62. The Morgan fingerprint density at radius 3 is 2.69 bits per heavy atom. The molecular weight excluding hydrogens is 174 g/mol. The molecule has 0 saturated carbocycles. The van der Waals surface area contributed by atoms with Gasteiger partial charge in [0.25, 0.3) is 0 Å². The molecule has 0 aromatic carbocycles. The van der Waals surface area contributed by atoms with Crippen LogP contribution in [0.1, 0.15) is 19.8 Å². The topological polar surface area (TPSA) is 111 Å². The van der Waals surface area contributed by atoms with Crippen LogP contribution in [-0.2, 0) is 9.53 Å². The van der Waals surface area contributed by atoms with Crippen LogP contribution >= 0.6 is 0 Å². The molecule has 13 heavy (non-hydrogen) atoms. The predicted octanol–water partition coefficient (Wildman–Crippen LogP) is -0.513. The minimum Gasteiger partial charge on any atom is -0.481 e. The first-order chi connectivity index (χ1) is 6.02. The van der Waals surface area contributed by atoms with Gasteiger partial charge in [0.05, 0.1) is 0 Å². The number of carboxylic acids is 1. The lowest BCUT2D eigenvalue weighted by atomic mass is 10.3. The summed E-state index contributed by atoms with van der Waals surface area (Å²) >= 11 is 0. The normalized spacial score (nSPS) is 12.1. The summed E-state index contributed by atoms with van der Waals surface area (Å²) in [6.07, 6.45) is 0.132. The Labute approximate surface area is 76.6 Å². The molecule has 0 aliphatic carbocycles. The molecular formula is C7H15N3O3. The van der Waals surface area contributed by atoms with E-state index < -0.39 is 12.2 Å². The molecule has 6 heteroatoms. The van der Waals surface area contributed by atoms with E-state index in [2.05, 4.69) is 4.99 Å². The van der Waals surface area contributed by atoms with Gasteiger partial charge in [-0.3, -0.25) is 4.79 Å². The molecule has 0 aromatic rings. The van der Waals surface area contributed by atoms with Gasteiger partial charge in [-0.25, -0.2) is 4.99 Å². The summed E-state index contributed by atoms with van der Waals surface area (Å²) in [5.74, 6) is -0.871. The summed E-state index contributed by atoms with van der Waals surface area (Å²) in [7, 11) is 0. The first-order valence-corrected chi connectivity index (χ1v) is 3.94. The van der Waals surface area contributed by atoms with Crippen molar-refractivity contribution < 1.29 is 14.6 Å². The quantitative estimate of drug-likeness (QED) is 0.296. The maximum absolute atomic E-state index is 10.1. The molecule has 1 unspecified atom stereocenters. The molecule has 0 heterocycles. The van der Waals surface area contributed by atoms with Crippen molar-refractivity contribution in [3.8, 4) is 0 Å². The van der Waals surface area contributed by atoms with Crippen LogP contribution in [-0.4, -0.2) is 29.9 Å². The molecule has 0 amide bonds. The highest BCUT2D eigenvalue weighted by atomic mass is 16.5. The van der Waals surface area contributed by atoms with E-state index in [0.717, 1.165) is 0 Å². The van der Waals surface area contributed by atoms with Crippen molar-refractivity contribution in [2.24, 2.45) is 16.5 Å². The highest BCUT2D eigenvalue weighted by Gasteiger charge is 2.00. The summed E-state index contributed by atoms with van der Waals surface area (Å²) in [5, 5.41) is 8.30. The van der Waals surface area contributed by atoms with Crippen LogP contribution in [0.15, 0.2) is 4.99 Å². The monoisotopic (exact) mass is 189 g/mol. The summed E-state index contributed by atoms with van der Waals surface area (Å²) < 4.78 is 5.09. The van der Waals surface area contributed by atoms with Crippen LogP contribution in [0.3, 0.4) is 0 Å². The van der Waals surface area contributed by atoms with Gasteiger partial charge in [-0.1, -0.05) is 0 Å². The molecule has 0 aromatic heterocycles. The third-order valence-electron chi connectivity index (χ3n) is 1.22. The van der Waals surface area contributed by atoms with E-state index in [-0.39, 0.29) is 12.4 Å². The number of carboxylic acid groups (broad SMARTS) is 1. The average Bonchev–Trinajstić information content (AvgIpc) is 1.96. The summed E-state index contributed by atoms with van der Waals surface area (Å²) in [6, 6.07) is 0. The van der Waals surface area contributed by atoms with Gasteiger partial charge < -0.3 is 21.3 Å². The number of carbonyl (C=O) groups is 1. The number of guanidine groups is 1. The highest BCUT2D eigenvalue weighted by molar-refractivity contribution is 5.75. The zero-order chi connectivity index (χ0) is 10.3. The second-order valence-electron chi connectivity index (χ2n) is 2.52. The molecule has 1 atom stereocenters. The summed E-state index contributed by atoms with van der Waals surface area (Å²) in [4.78, 5) is 13.8. The second-order valence-corrected chi connectivity index (χ2v) is 2.52. The Bertz CT molecular complexity index is 189. The second kappa shape index (κ2) is 6.24. The molecule has 0 aliphatic heterocycles. The van der Waals surface area contributed by atoms with Gasteiger partial charge in [-0.2, -0.15) is 0 Å². The Morgan fingerprint density at radius 1 is 1.62 bits per heavy atom. The van der Waals surface area contributed by atoms with Crippen LogP contribution in [0.25, 0.3) is 0 Å². The zero-order valence-corrected chi connectivity index (χ0v) is 7.56. The van der Waals surface area contributed by atoms with Gasteiger partial charge in [0.15, 0.2) is 5.96 Å². The number of rotatable bonds is 6. The van der Waals surface area contributed by atoms with E-state index >= 15 is 0 Å². The predicted molar refractivity (Wildman–Crippen MR) is 48.1 cm³/mol. The van der Waals surface area contributed by atoms with E-state index in [0.29, 0.717) is 13.0 Å². The molecule has 0 bridgehead atoms. The lowest BCUT2D eigenvalue weighted by Crippen LogP contribution is -2.25. The van der Waals surface area contributed by atoms with Crippen LogP contribution in [0, 0.1) is 0 Å². The minimum atomic E-state index is -0.835. The lowest BCUT2D eigenvalue weighted by Gasteiger charge is -2.07. The van der Waals surface area contributed by atoms with Crippen molar-refractivity contribution >= 4 is 11.9 Å². The van der Waals surface area contributed by atoms with Crippen molar-refractivity contribution in [3.05, 3.63) is 0 Å². The Hall–Kier alpha value is -1.30. The van der Waals surface area contributed by atoms with Crippen LogP contribution < -0.4 is 11.5 Å². The maximum Gasteiger partial charge on any atom is 0.303 e. The zero-order valence-electron chi connectivity index (χ0n) is 7.56. The largest absolute Gasteiger partial charge is 0.481 e. The van der Waals surface area contributed by atoms with Gasteiger partial charge in [0.2, 0.25) is 0 Å². The van der Waals surface area contributed by atoms with Gasteiger partial charge in [-0.15, -0.1) is 0 Å². The number of aliphatic imine (C=N–C) groups is 1. The van der Waals surface area contributed by atoms with Gasteiger partial charge in [0.1, 0.15) is 6.23 Å². The lowest BCUT2D eigenvalue weighted by molar-refractivity contribution is -0.137.